The number of aromatic nitrogens is 4. The Morgan fingerprint density at radius 3 is 1.16 bits per heavy atom. The minimum absolute atomic E-state index is 0.176. The summed E-state index contributed by atoms with van der Waals surface area (Å²) in [6.07, 6.45) is 1.21. The quantitative estimate of drug-likeness (QED) is 0.149. The van der Waals surface area contributed by atoms with Gasteiger partial charge in [-0.3, -0.25) is 47.7 Å². The Kier molecular flexibility index (Phi) is 9.00. The monoisotopic (exact) mass is 906 g/mol. The van der Waals surface area contributed by atoms with Gasteiger partial charge in [-0.2, -0.15) is 0 Å². The van der Waals surface area contributed by atoms with Crippen LogP contribution in [0.15, 0.2) is 162 Å². The normalized spacial score (nSPS) is 19.5. The van der Waals surface area contributed by atoms with Gasteiger partial charge in [0.25, 0.3) is 11.8 Å². The van der Waals surface area contributed by atoms with Crippen LogP contribution in [0.1, 0.15) is 43.2 Å². The van der Waals surface area contributed by atoms with Gasteiger partial charge in [0.1, 0.15) is 0 Å². The van der Waals surface area contributed by atoms with E-state index in [1.54, 1.807) is 81.9 Å². The van der Waals surface area contributed by atoms with Crippen molar-refractivity contribution >= 4 is 68.6 Å². The average Bonchev–Trinajstić information content (AvgIpc) is 4.20. The van der Waals surface area contributed by atoms with Crippen molar-refractivity contribution in [1.29, 1.82) is 0 Å². The van der Waals surface area contributed by atoms with Gasteiger partial charge in [-0.25, -0.2) is 0 Å². The molecule has 2 aliphatic carbocycles. The number of hydrogen-bond donors (Lipinski definition) is 0. The summed E-state index contributed by atoms with van der Waals surface area (Å²) < 4.78 is 9.53. The van der Waals surface area contributed by atoms with Crippen molar-refractivity contribution in [3.63, 3.8) is 0 Å². The molecule has 4 amide bonds. The van der Waals surface area contributed by atoms with Crippen LogP contribution >= 0.6 is 0 Å². The molecule has 3 aromatic heterocycles. The Hall–Kier alpha value is -8.84. The fourth-order valence-electron chi connectivity index (χ4n) is 11.3. The van der Waals surface area contributed by atoms with Crippen molar-refractivity contribution < 1.29 is 33.2 Å². The number of para-hydroxylation sites is 2. The van der Waals surface area contributed by atoms with E-state index in [0.29, 0.717) is 46.5 Å². The number of carbonyl (C=O) groups excluding carboxylic acids is 6. The summed E-state index contributed by atoms with van der Waals surface area (Å²) in [5, 5.41) is 10.4. The third kappa shape index (κ3) is 6.09. The molecular weight excluding hydrogens is 869 g/mol. The molecule has 13 heteroatoms. The van der Waals surface area contributed by atoms with Gasteiger partial charge >= 0.3 is 0 Å². The maximum Gasteiger partial charge on any atom is 0.262 e. The van der Waals surface area contributed by atoms with E-state index < -0.39 is 23.7 Å². The summed E-state index contributed by atoms with van der Waals surface area (Å²) in [4.78, 5) is 86.8. The molecule has 2 aliphatic heterocycles. The van der Waals surface area contributed by atoms with Gasteiger partial charge in [-0.1, -0.05) is 72.8 Å². The molecule has 4 unspecified atom stereocenters. The molecule has 4 atom stereocenters. The van der Waals surface area contributed by atoms with E-state index in [1.165, 1.54) is 9.80 Å². The van der Waals surface area contributed by atoms with E-state index in [1.807, 2.05) is 84.9 Å². The number of hydrogen-bond acceptors (Lipinski definition) is 9. The van der Waals surface area contributed by atoms with Crippen LogP contribution in [0.2, 0.25) is 0 Å². The van der Waals surface area contributed by atoms with Crippen LogP contribution in [0, 0.1) is 23.7 Å². The third-order valence-electron chi connectivity index (χ3n) is 14.6. The first-order valence-electron chi connectivity index (χ1n) is 23.0. The molecule has 0 spiro atoms. The maximum absolute atomic E-state index is 14.1. The molecule has 13 rings (SSSR count). The highest BCUT2D eigenvalue weighted by atomic mass is 16.4. The summed E-state index contributed by atoms with van der Waals surface area (Å²) in [6, 6.07) is 47.1. The SMILES string of the molecule is O=C1C2Cc3c(n(C(=O)c4ccccc4)c4ccccc34)CC2C(=O)N1c1ccc(-c2nnc(-c3ccc(N4C(=O)C5Cc6c(n(C(=O)c7ccccc7)c7ccccc67)CC5C4=O)cc3)o2)cc1. The fraction of sp³-hybridized carbons (Fsp3) is 0.143. The largest absolute Gasteiger partial charge is 0.416 e. The van der Waals surface area contributed by atoms with Crippen LogP contribution in [0.3, 0.4) is 0 Å². The number of rotatable bonds is 6. The van der Waals surface area contributed by atoms with Crippen LogP contribution in [-0.2, 0) is 44.9 Å². The smallest absolute Gasteiger partial charge is 0.262 e. The predicted octanol–water partition coefficient (Wildman–Crippen LogP) is 8.50. The molecule has 0 bridgehead atoms. The Morgan fingerprint density at radius 2 is 0.768 bits per heavy atom. The molecule has 2 saturated heterocycles. The van der Waals surface area contributed by atoms with Gasteiger partial charge in [-0.15, -0.1) is 10.2 Å². The lowest BCUT2D eigenvalue weighted by molar-refractivity contribution is -0.124. The van der Waals surface area contributed by atoms with Crippen molar-refractivity contribution in [3.05, 3.63) is 191 Å². The molecule has 9 aromatic rings. The second kappa shape index (κ2) is 15.4. The fourth-order valence-corrected chi connectivity index (χ4v) is 11.3. The van der Waals surface area contributed by atoms with E-state index >= 15 is 0 Å². The van der Waals surface area contributed by atoms with Gasteiger partial charge in [0, 0.05) is 57.3 Å². The number of benzene rings is 6. The van der Waals surface area contributed by atoms with Crippen molar-refractivity contribution in [2.45, 2.75) is 25.7 Å². The van der Waals surface area contributed by atoms with Crippen LogP contribution in [0.25, 0.3) is 44.7 Å². The van der Waals surface area contributed by atoms with Crippen LogP contribution in [-0.4, -0.2) is 54.8 Å². The number of nitrogens with zero attached hydrogens (tertiary/aromatic N) is 6. The molecular formula is C56H38N6O7. The third-order valence-corrected chi connectivity index (χ3v) is 14.6. The van der Waals surface area contributed by atoms with Gasteiger partial charge in [-0.05, 0) is 109 Å². The van der Waals surface area contributed by atoms with Gasteiger partial charge < -0.3 is 4.42 Å². The van der Waals surface area contributed by atoms with E-state index in [9.17, 15) is 28.8 Å². The maximum atomic E-state index is 14.1. The zero-order valence-corrected chi connectivity index (χ0v) is 36.7. The van der Waals surface area contributed by atoms with Crippen LogP contribution < -0.4 is 9.80 Å². The van der Waals surface area contributed by atoms with E-state index in [-0.39, 0.29) is 60.1 Å². The Morgan fingerprint density at radius 1 is 0.420 bits per heavy atom. The van der Waals surface area contributed by atoms with Gasteiger partial charge in [0.15, 0.2) is 0 Å². The summed E-state index contributed by atoms with van der Waals surface area (Å²) in [5.74, 6) is -3.45. The number of fused-ring (bicyclic) bond motifs is 8. The predicted molar refractivity (Wildman–Crippen MR) is 255 cm³/mol. The van der Waals surface area contributed by atoms with Crippen molar-refractivity contribution in [2.24, 2.45) is 23.7 Å². The molecule has 6 aromatic carbocycles. The van der Waals surface area contributed by atoms with Crippen LogP contribution in [0.4, 0.5) is 11.4 Å². The Balaban J connectivity index is 0.716. The molecule has 13 nitrogen and oxygen atoms in total. The molecule has 0 N–H and O–H groups in total. The van der Waals surface area contributed by atoms with Gasteiger partial charge in [0.2, 0.25) is 35.4 Å². The highest BCUT2D eigenvalue weighted by molar-refractivity contribution is 6.23. The molecule has 0 saturated carbocycles. The second-order valence-corrected chi connectivity index (χ2v) is 18.2. The first-order valence-corrected chi connectivity index (χ1v) is 23.0. The van der Waals surface area contributed by atoms with E-state index in [4.69, 9.17) is 4.42 Å². The lowest BCUT2D eigenvalue weighted by Crippen LogP contribution is -2.31. The summed E-state index contributed by atoms with van der Waals surface area (Å²) in [5.41, 5.74) is 7.96. The lowest BCUT2D eigenvalue weighted by atomic mass is 9.79. The Bertz CT molecular complexity index is 3430. The first-order chi connectivity index (χ1) is 33.7. The van der Waals surface area contributed by atoms with Crippen molar-refractivity contribution in [2.75, 3.05) is 9.80 Å². The molecule has 334 valence electrons. The van der Waals surface area contributed by atoms with E-state index in [2.05, 4.69) is 10.2 Å². The van der Waals surface area contributed by atoms with E-state index in [0.717, 1.165) is 44.3 Å². The first kappa shape index (κ1) is 40.4. The second-order valence-electron chi connectivity index (χ2n) is 18.2. The molecule has 0 radical (unpaired) electrons. The van der Waals surface area contributed by atoms with Crippen molar-refractivity contribution in [3.8, 4) is 22.9 Å². The van der Waals surface area contributed by atoms with Crippen molar-refractivity contribution in [1.82, 2.24) is 19.3 Å². The number of amides is 4. The topological polar surface area (TPSA) is 158 Å². The molecule has 5 heterocycles. The molecule has 69 heavy (non-hydrogen) atoms. The molecule has 4 aliphatic rings. The Labute approximate surface area is 393 Å². The number of carbonyl (C=O) groups is 6. The van der Waals surface area contributed by atoms with Crippen LogP contribution in [0.5, 0.6) is 0 Å². The number of anilines is 2. The highest BCUT2D eigenvalue weighted by Gasteiger charge is 2.53. The summed E-state index contributed by atoms with van der Waals surface area (Å²) in [7, 11) is 0. The molecule has 2 fully saturated rings. The summed E-state index contributed by atoms with van der Waals surface area (Å²) >= 11 is 0. The standard InChI is InChI=1S/C56H38N6O7/c63-51(33-11-3-1-4-12-33)61-45-17-9-7-15-37(45)39-27-41-43(29-47(39)61)55(67)59(53(41)65)35-23-19-31(20-24-35)49-57-58-50(69-49)32-21-25-36(26-22-32)60-54(66)42-28-40-38-16-8-10-18-46(38)62(48(40)30-44(42)56(60)68)52(64)34-13-5-2-6-14-34/h1-26,41-44H,27-30H2. The lowest BCUT2D eigenvalue weighted by Gasteiger charge is -2.23. The highest BCUT2D eigenvalue weighted by Crippen LogP contribution is 2.45. The average molecular weight is 907 g/mol. The summed E-state index contributed by atoms with van der Waals surface area (Å²) in [6.45, 7) is 0. The zero-order chi connectivity index (χ0) is 46.7. The van der Waals surface area contributed by atoms with Gasteiger partial charge in [0.05, 0.1) is 46.1 Å². The minimum atomic E-state index is -0.619. The number of imide groups is 2. The minimum Gasteiger partial charge on any atom is -0.416 e. The zero-order valence-electron chi connectivity index (χ0n) is 36.7.